The molecule has 0 fully saturated rings. The first-order valence-corrected chi connectivity index (χ1v) is 10.4. The summed E-state index contributed by atoms with van der Waals surface area (Å²) < 4.78 is 41.0. The molecule has 1 aromatic rings. The SMILES string of the molecule is CCCCCCCCCCCC(CCCC(N)=O)c1ccc(F)c(F)c1F. The quantitative estimate of drug-likeness (QED) is 0.263. The van der Waals surface area contributed by atoms with Crippen molar-refractivity contribution >= 4 is 5.91 Å². The fourth-order valence-corrected chi connectivity index (χ4v) is 3.54. The van der Waals surface area contributed by atoms with Crippen molar-refractivity contribution in [3.63, 3.8) is 0 Å². The summed E-state index contributed by atoms with van der Waals surface area (Å²) in [7, 11) is 0. The number of hydrogen-bond donors (Lipinski definition) is 1. The predicted molar refractivity (Wildman–Crippen MR) is 104 cm³/mol. The van der Waals surface area contributed by atoms with Crippen LogP contribution in [-0.4, -0.2) is 5.91 Å². The van der Waals surface area contributed by atoms with Crippen LogP contribution in [0.3, 0.4) is 0 Å². The monoisotopic (exact) mass is 385 g/mol. The Morgan fingerprint density at radius 3 is 2.00 bits per heavy atom. The van der Waals surface area contributed by atoms with E-state index in [-0.39, 0.29) is 17.9 Å². The van der Waals surface area contributed by atoms with E-state index >= 15 is 0 Å². The van der Waals surface area contributed by atoms with Gasteiger partial charge < -0.3 is 5.73 Å². The van der Waals surface area contributed by atoms with Crippen LogP contribution in [0.2, 0.25) is 0 Å². The van der Waals surface area contributed by atoms with E-state index in [4.69, 9.17) is 5.73 Å². The van der Waals surface area contributed by atoms with Gasteiger partial charge in [-0.3, -0.25) is 4.79 Å². The third-order valence-electron chi connectivity index (χ3n) is 5.14. The first-order chi connectivity index (χ1) is 13.0. The number of rotatable bonds is 15. The molecule has 154 valence electrons. The summed E-state index contributed by atoms with van der Waals surface area (Å²) in [4.78, 5) is 10.9. The highest BCUT2D eigenvalue weighted by molar-refractivity contribution is 5.73. The van der Waals surface area contributed by atoms with E-state index in [0.717, 1.165) is 25.3 Å². The smallest absolute Gasteiger partial charge is 0.217 e. The number of benzene rings is 1. The lowest BCUT2D eigenvalue weighted by Crippen LogP contribution is -2.11. The predicted octanol–water partition coefficient (Wildman–Crippen LogP) is 6.76. The maximum Gasteiger partial charge on any atom is 0.217 e. The number of carbonyl (C=O) groups is 1. The lowest BCUT2D eigenvalue weighted by atomic mass is 9.88. The van der Waals surface area contributed by atoms with Gasteiger partial charge in [0, 0.05) is 6.42 Å². The van der Waals surface area contributed by atoms with Gasteiger partial charge in [-0.05, 0) is 36.8 Å². The number of unbranched alkanes of at least 4 members (excludes halogenated alkanes) is 8. The molecule has 0 saturated carbocycles. The maximum atomic E-state index is 14.2. The summed E-state index contributed by atoms with van der Waals surface area (Å²) in [5.41, 5.74) is 5.37. The molecule has 0 aliphatic carbocycles. The molecule has 1 rings (SSSR count). The highest BCUT2D eigenvalue weighted by atomic mass is 19.2. The van der Waals surface area contributed by atoms with Crippen molar-refractivity contribution in [3.8, 4) is 0 Å². The van der Waals surface area contributed by atoms with Gasteiger partial charge in [0.1, 0.15) is 0 Å². The molecule has 0 heterocycles. The molecule has 0 radical (unpaired) electrons. The molecule has 0 aromatic heterocycles. The zero-order chi connectivity index (χ0) is 20.1. The summed E-state index contributed by atoms with van der Waals surface area (Å²) in [5.74, 6) is -4.31. The van der Waals surface area contributed by atoms with Gasteiger partial charge in [0.2, 0.25) is 5.91 Å². The van der Waals surface area contributed by atoms with Crippen LogP contribution in [0.5, 0.6) is 0 Å². The van der Waals surface area contributed by atoms with Crippen molar-refractivity contribution in [2.75, 3.05) is 0 Å². The molecule has 1 aromatic carbocycles. The molecular weight excluding hydrogens is 351 g/mol. The summed E-state index contributed by atoms with van der Waals surface area (Å²) in [5, 5.41) is 0. The minimum atomic E-state index is -1.42. The second-order valence-corrected chi connectivity index (χ2v) is 7.44. The van der Waals surface area contributed by atoms with Crippen LogP contribution in [-0.2, 0) is 4.79 Å². The minimum Gasteiger partial charge on any atom is -0.370 e. The van der Waals surface area contributed by atoms with Gasteiger partial charge in [0.05, 0.1) is 0 Å². The van der Waals surface area contributed by atoms with Crippen molar-refractivity contribution < 1.29 is 18.0 Å². The fourth-order valence-electron chi connectivity index (χ4n) is 3.54. The highest BCUT2D eigenvalue weighted by Gasteiger charge is 2.20. The Morgan fingerprint density at radius 1 is 0.852 bits per heavy atom. The minimum absolute atomic E-state index is 0.206. The van der Waals surface area contributed by atoms with Crippen LogP contribution >= 0.6 is 0 Å². The average Bonchev–Trinajstić information content (AvgIpc) is 2.63. The van der Waals surface area contributed by atoms with Crippen LogP contribution in [0.4, 0.5) is 13.2 Å². The van der Waals surface area contributed by atoms with Gasteiger partial charge in [-0.25, -0.2) is 13.2 Å². The zero-order valence-corrected chi connectivity index (χ0v) is 16.5. The first-order valence-electron chi connectivity index (χ1n) is 10.4. The summed E-state index contributed by atoms with van der Waals surface area (Å²) in [6.07, 6.45) is 12.7. The van der Waals surface area contributed by atoms with Crippen molar-refractivity contribution in [1.82, 2.24) is 0 Å². The van der Waals surface area contributed by atoms with E-state index < -0.39 is 23.4 Å². The molecule has 1 unspecified atom stereocenters. The van der Waals surface area contributed by atoms with E-state index in [9.17, 15) is 18.0 Å². The molecule has 2 nitrogen and oxygen atoms in total. The summed E-state index contributed by atoms with van der Waals surface area (Å²) in [6, 6.07) is 2.31. The molecule has 27 heavy (non-hydrogen) atoms. The van der Waals surface area contributed by atoms with E-state index in [2.05, 4.69) is 6.92 Å². The van der Waals surface area contributed by atoms with Crippen molar-refractivity contribution in [1.29, 1.82) is 0 Å². The summed E-state index contributed by atoms with van der Waals surface area (Å²) >= 11 is 0. The number of primary amides is 1. The Morgan fingerprint density at radius 2 is 1.41 bits per heavy atom. The van der Waals surface area contributed by atoms with Crippen LogP contribution < -0.4 is 5.73 Å². The van der Waals surface area contributed by atoms with Crippen LogP contribution in [0, 0.1) is 17.5 Å². The second kappa shape index (κ2) is 13.6. The molecule has 0 aliphatic heterocycles. The Balaban J connectivity index is 2.48. The van der Waals surface area contributed by atoms with Gasteiger partial charge >= 0.3 is 0 Å². The topological polar surface area (TPSA) is 43.1 Å². The van der Waals surface area contributed by atoms with Gasteiger partial charge in [-0.15, -0.1) is 0 Å². The largest absolute Gasteiger partial charge is 0.370 e. The molecule has 0 aliphatic rings. The third kappa shape index (κ3) is 9.30. The standard InChI is InChI=1S/C22H34F3NO/c1-2-3-4-5-6-7-8-9-10-12-17(13-11-14-20(26)27)18-15-16-19(23)22(25)21(18)24/h15-17H,2-14H2,1H3,(H2,26,27). The molecular formula is C22H34F3NO. The second-order valence-electron chi connectivity index (χ2n) is 7.44. The van der Waals surface area contributed by atoms with Gasteiger partial charge in [-0.2, -0.15) is 0 Å². The van der Waals surface area contributed by atoms with Crippen LogP contribution in [0.25, 0.3) is 0 Å². The van der Waals surface area contributed by atoms with Crippen molar-refractivity contribution in [3.05, 3.63) is 35.1 Å². The van der Waals surface area contributed by atoms with E-state index in [1.165, 1.54) is 44.6 Å². The van der Waals surface area contributed by atoms with Gasteiger partial charge in [-0.1, -0.05) is 70.8 Å². The lowest BCUT2D eigenvalue weighted by Gasteiger charge is -2.18. The van der Waals surface area contributed by atoms with Crippen LogP contribution in [0.15, 0.2) is 12.1 Å². The molecule has 0 saturated heterocycles. The van der Waals surface area contributed by atoms with Gasteiger partial charge in [0.15, 0.2) is 17.5 Å². The number of amides is 1. The Labute approximate surface area is 161 Å². The number of halogens is 3. The first kappa shape index (κ1) is 23.5. The zero-order valence-electron chi connectivity index (χ0n) is 16.5. The molecule has 0 spiro atoms. The Kier molecular flexibility index (Phi) is 11.9. The lowest BCUT2D eigenvalue weighted by molar-refractivity contribution is -0.118. The van der Waals surface area contributed by atoms with E-state index in [0.29, 0.717) is 19.3 Å². The molecule has 1 atom stereocenters. The molecule has 0 bridgehead atoms. The summed E-state index contributed by atoms with van der Waals surface area (Å²) in [6.45, 7) is 2.20. The van der Waals surface area contributed by atoms with E-state index in [1.807, 2.05) is 0 Å². The van der Waals surface area contributed by atoms with Crippen LogP contribution in [0.1, 0.15) is 102 Å². The maximum absolute atomic E-state index is 14.2. The average molecular weight is 386 g/mol. The number of carbonyl (C=O) groups excluding carboxylic acids is 1. The Hall–Kier alpha value is -1.52. The van der Waals surface area contributed by atoms with E-state index in [1.54, 1.807) is 0 Å². The number of nitrogens with two attached hydrogens (primary N) is 1. The van der Waals surface area contributed by atoms with Crippen molar-refractivity contribution in [2.24, 2.45) is 5.73 Å². The number of hydrogen-bond acceptors (Lipinski definition) is 1. The Bertz CT molecular complexity index is 563. The molecule has 1 amide bonds. The van der Waals surface area contributed by atoms with Gasteiger partial charge in [0.25, 0.3) is 0 Å². The molecule has 2 N–H and O–H groups in total. The molecule has 5 heteroatoms. The third-order valence-corrected chi connectivity index (χ3v) is 5.14. The van der Waals surface area contributed by atoms with Crippen molar-refractivity contribution in [2.45, 2.75) is 96.3 Å². The highest BCUT2D eigenvalue weighted by Crippen LogP contribution is 2.31. The fraction of sp³-hybridized carbons (Fsp3) is 0.682. The normalized spacial score (nSPS) is 12.3.